The lowest BCUT2D eigenvalue weighted by atomic mass is 9.90. The molecule has 5 fully saturated rings. The standard InChI is InChI=1S/C32H32F7N5O2/c33-16-11-31(4-1-5-43(31)12-16)14-46-30-41-27-20(29(42-30)44-6-7-45-13-21-25(35)28(21)44)10-22(34)23(26(27)36)19-9-17(40)8-18(15-2-3-15)24(19)32(37,38)39/h8-10,15-16,21,25,28H,1-7,11-14,40H2/t16-,21+,25+,28+,31+/m1/s1/i14D2. The van der Waals surface area contributed by atoms with E-state index < -0.39 is 88.3 Å². The van der Waals surface area contributed by atoms with Crippen molar-refractivity contribution in [3.05, 3.63) is 41.0 Å². The fourth-order valence-electron chi connectivity index (χ4n) is 7.68. The van der Waals surface area contributed by atoms with Crippen molar-refractivity contribution in [2.75, 3.05) is 50.0 Å². The Labute approximate surface area is 262 Å². The van der Waals surface area contributed by atoms with Crippen molar-refractivity contribution in [3.63, 3.8) is 0 Å². The van der Waals surface area contributed by atoms with Crippen LogP contribution >= 0.6 is 0 Å². The van der Waals surface area contributed by atoms with Crippen molar-refractivity contribution in [3.8, 4) is 17.1 Å². The first-order valence-corrected chi connectivity index (χ1v) is 15.5. The Balaban J connectivity index is 1.33. The number of aromatic nitrogens is 2. The van der Waals surface area contributed by atoms with Gasteiger partial charge in [0.05, 0.1) is 38.7 Å². The summed E-state index contributed by atoms with van der Waals surface area (Å²) in [6.07, 6.45) is -6.04. The molecule has 14 heteroatoms. The Morgan fingerprint density at radius 2 is 1.93 bits per heavy atom. The second-order valence-corrected chi connectivity index (χ2v) is 13.0. The van der Waals surface area contributed by atoms with Crippen LogP contribution in [0.5, 0.6) is 6.01 Å². The summed E-state index contributed by atoms with van der Waals surface area (Å²) in [6, 6.07) is 1.37. The monoisotopic (exact) mass is 653 g/mol. The molecule has 8 rings (SSSR count). The van der Waals surface area contributed by atoms with E-state index >= 15 is 8.78 Å². The van der Waals surface area contributed by atoms with Crippen LogP contribution in [0.2, 0.25) is 0 Å². The highest BCUT2D eigenvalue weighted by atomic mass is 19.4. The number of anilines is 2. The Bertz CT molecular complexity index is 1810. The van der Waals surface area contributed by atoms with Gasteiger partial charge in [-0.05, 0) is 61.9 Å². The summed E-state index contributed by atoms with van der Waals surface area (Å²) in [4.78, 5) is 11.6. The summed E-state index contributed by atoms with van der Waals surface area (Å²) in [5, 5.41) is -0.272. The minimum Gasteiger partial charge on any atom is -0.461 e. The summed E-state index contributed by atoms with van der Waals surface area (Å²) in [6.45, 7) is -1.90. The van der Waals surface area contributed by atoms with Gasteiger partial charge in [-0.25, -0.2) is 17.6 Å². The molecule has 0 bridgehead atoms. The van der Waals surface area contributed by atoms with Crippen LogP contribution in [0.3, 0.4) is 0 Å². The second-order valence-electron chi connectivity index (χ2n) is 13.0. The van der Waals surface area contributed by atoms with Crippen LogP contribution in [0.4, 0.5) is 42.2 Å². The average Bonchev–Trinajstić information content (AvgIpc) is 3.88. The Morgan fingerprint density at radius 3 is 2.70 bits per heavy atom. The fraction of sp³-hybridized carbons (Fsp3) is 0.562. The van der Waals surface area contributed by atoms with Crippen molar-refractivity contribution >= 4 is 22.4 Å². The molecule has 2 N–H and O–H groups in total. The number of nitrogens with zero attached hydrogens (tertiary/aromatic N) is 4. The lowest BCUT2D eigenvalue weighted by Gasteiger charge is -2.31. The van der Waals surface area contributed by atoms with E-state index in [0.29, 0.717) is 25.8 Å². The largest absolute Gasteiger partial charge is 0.461 e. The number of fused-ring (bicyclic) bond motifs is 3. The molecule has 3 aliphatic heterocycles. The maximum atomic E-state index is 16.8. The minimum atomic E-state index is -4.98. The number of hydrogen-bond acceptors (Lipinski definition) is 7. The van der Waals surface area contributed by atoms with Crippen LogP contribution in [-0.4, -0.2) is 78.2 Å². The molecule has 1 aromatic heterocycles. The molecule has 246 valence electrons. The average molecular weight is 654 g/mol. The number of benzene rings is 2. The first-order valence-electron chi connectivity index (χ1n) is 16.5. The van der Waals surface area contributed by atoms with Crippen LogP contribution in [0, 0.1) is 17.6 Å². The molecular formula is C32H32F7N5O2. The molecule has 5 atom stereocenters. The van der Waals surface area contributed by atoms with Gasteiger partial charge >= 0.3 is 12.2 Å². The summed E-state index contributed by atoms with van der Waals surface area (Å²) in [5.74, 6) is -4.03. The van der Waals surface area contributed by atoms with Gasteiger partial charge in [-0.15, -0.1) is 0 Å². The molecule has 2 aromatic carbocycles. The molecule has 2 aliphatic carbocycles. The fourth-order valence-corrected chi connectivity index (χ4v) is 7.68. The first kappa shape index (κ1) is 27.7. The molecule has 5 aliphatic rings. The number of rotatable bonds is 6. The number of nitrogen functional groups attached to an aromatic ring is 1. The van der Waals surface area contributed by atoms with Crippen LogP contribution < -0.4 is 15.4 Å². The van der Waals surface area contributed by atoms with Gasteiger partial charge < -0.3 is 20.1 Å². The number of hydrogen-bond donors (Lipinski definition) is 1. The topological polar surface area (TPSA) is 76.7 Å². The normalized spacial score (nSPS) is 30.5. The molecule has 7 nitrogen and oxygen atoms in total. The van der Waals surface area contributed by atoms with Crippen LogP contribution in [0.25, 0.3) is 22.0 Å². The van der Waals surface area contributed by atoms with Crippen molar-refractivity contribution < 1.29 is 42.9 Å². The summed E-state index contributed by atoms with van der Waals surface area (Å²) < 4.78 is 135. The van der Waals surface area contributed by atoms with Gasteiger partial charge in [-0.3, -0.25) is 4.90 Å². The van der Waals surface area contributed by atoms with E-state index in [1.165, 1.54) is 11.0 Å². The highest BCUT2D eigenvalue weighted by Crippen LogP contribution is 2.52. The van der Waals surface area contributed by atoms with Crippen molar-refractivity contribution in [1.29, 1.82) is 0 Å². The summed E-state index contributed by atoms with van der Waals surface area (Å²) >= 11 is 0. The Hall–Kier alpha value is -3.39. The molecule has 0 spiro atoms. The molecule has 0 amide bonds. The highest BCUT2D eigenvalue weighted by Gasteiger charge is 2.57. The first-order chi connectivity index (χ1) is 22.7. The number of alkyl halides is 5. The molecule has 0 radical (unpaired) electrons. The SMILES string of the molecule is [2H]C([2H])(Oc1nc(N2CCOC[C@H]3[C@H](F)[C@H]32)c2cc(F)c(-c3cc(N)cc(C4CC4)c3C(F)(F)F)c(F)c2n1)[C@@]12CCCN1C[C@H](F)C2. The van der Waals surface area contributed by atoms with E-state index in [2.05, 4.69) is 9.97 Å². The number of nitrogens with two attached hydrogens (primary N) is 1. The van der Waals surface area contributed by atoms with Crippen molar-refractivity contribution in [1.82, 2.24) is 14.9 Å². The molecule has 3 aromatic rings. The van der Waals surface area contributed by atoms with Gasteiger partial charge in [0.1, 0.15) is 36.1 Å². The molecule has 46 heavy (non-hydrogen) atoms. The molecule has 3 saturated heterocycles. The molecule has 4 heterocycles. The lowest BCUT2D eigenvalue weighted by molar-refractivity contribution is -0.137. The Morgan fingerprint density at radius 1 is 1.13 bits per heavy atom. The second kappa shape index (κ2) is 10.6. The molecular weight excluding hydrogens is 619 g/mol. The quantitative estimate of drug-likeness (QED) is 0.252. The smallest absolute Gasteiger partial charge is 0.417 e. The van der Waals surface area contributed by atoms with Crippen molar-refractivity contribution in [2.45, 2.75) is 68.1 Å². The van der Waals surface area contributed by atoms with E-state index in [9.17, 15) is 22.0 Å². The minimum absolute atomic E-state index is 0.00326. The third kappa shape index (κ3) is 4.85. The predicted octanol–water partition coefficient (Wildman–Crippen LogP) is 6.18. The van der Waals surface area contributed by atoms with Gasteiger partial charge in [0, 0.05) is 42.1 Å². The third-order valence-electron chi connectivity index (χ3n) is 9.99. The van der Waals surface area contributed by atoms with E-state index in [1.807, 2.05) is 0 Å². The van der Waals surface area contributed by atoms with E-state index in [4.69, 9.17) is 17.9 Å². The Kier molecular flexibility index (Phi) is 6.36. The summed E-state index contributed by atoms with van der Waals surface area (Å²) in [7, 11) is 0. The zero-order chi connectivity index (χ0) is 33.9. The summed E-state index contributed by atoms with van der Waals surface area (Å²) in [5.41, 5.74) is 0.664. The van der Waals surface area contributed by atoms with E-state index in [1.54, 1.807) is 4.90 Å². The number of halogens is 7. The zero-order valence-electron chi connectivity index (χ0n) is 26.5. The van der Waals surface area contributed by atoms with E-state index in [-0.39, 0.29) is 61.6 Å². The van der Waals surface area contributed by atoms with Crippen LogP contribution in [-0.2, 0) is 10.9 Å². The molecule has 2 saturated carbocycles. The highest BCUT2D eigenvalue weighted by molar-refractivity contribution is 5.95. The zero-order valence-corrected chi connectivity index (χ0v) is 24.5. The lowest BCUT2D eigenvalue weighted by Crippen LogP contribution is -2.43. The van der Waals surface area contributed by atoms with Gasteiger partial charge in [-0.1, -0.05) is 0 Å². The van der Waals surface area contributed by atoms with Gasteiger partial charge in [-0.2, -0.15) is 23.1 Å². The van der Waals surface area contributed by atoms with E-state index in [0.717, 1.165) is 12.1 Å². The maximum Gasteiger partial charge on any atom is 0.417 e. The third-order valence-corrected chi connectivity index (χ3v) is 9.99. The number of ether oxygens (including phenoxy) is 2. The van der Waals surface area contributed by atoms with Crippen LogP contribution in [0.15, 0.2) is 18.2 Å². The molecule has 0 unspecified atom stereocenters. The van der Waals surface area contributed by atoms with Crippen molar-refractivity contribution in [2.24, 2.45) is 5.92 Å². The predicted molar refractivity (Wildman–Crippen MR) is 155 cm³/mol. The maximum absolute atomic E-state index is 16.8. The van der Waals surface area contributed by atoms with Crippen LogP contribution in [0.1, 0.15) is 51.9 Å². The van der Waals surface area contributed by atoms with Gasteiger partial charge in [0.15, 0.2) is 5.82 Å². The van der Waals surface area contributed by atoms with Gasteiger partial charge in [0.2, 0.25) is 0 Å². The van der Waals surface area contributed by atoms with Gasteiger partial charge in [0.25, 0.3) is 0 Å².